The number of fused-ring (bicyclic) bond motifs is 2. The highest BCUT2D eigenvalue weighted by Gasteiger charge is 2.65. The highest BCUT2D eigenvalue weighted by atomic mass is 16.6. The van der Waals surface area contributed by atoms with E-state index in [4.69, 9.17) is 19.6 Å². The molecular weight excluding hydrogens is 376 g/mol. The second-order valence-electron chi connectivity index (χ2n) is 7.58. The normalized spacial score (nSPS) is 23.2. The van der Waals surface area contributed by atoms with Gasteiger partial charge in [0.05, 0.1) is 17.8 Å². The maximum atomic E-state index is 13.4. The predicted molar refractivity (Wildman–Crippen MR) is 104 cm³/mol. The minimum absolute atomic E-state index is 0.0427. The molecule has 3 rings (SSSR count). The van der Waals surface area contributed by atoms with Crippen LogP contribution >= 0.6 is 0 Å². The lowest BCUT2D eigenvalue weighted by molar-refractivity contribution is -0.155. The van der Waals surface area contributed by atoms with Crippen molar-refractivity contribution in [3.05, 3.63) is 41.2 Å². The number of allylic oxidation sites excluding steroid dienone is 1. The van der Waals surface area contributed by atoms with E-state index < -0.39 is 47.3 Å². The Labute approximate surface area is 168 Å². The average molecular weight is 400 g/mol. The fourth-order valence-corrected chi connectivity index (χ4v) is 3.87. The number of para-hydroxylation sites is 1. The number of carbonyl (C=O) groups is 3. The molecule has 2 aliphatic rings. The summed E-state index contributed by atoms with van der Waals surface area (Å²) in [5.41, 5.74) is -1.06. The highest BCUT2D eigenvalue weighted by molar-refractivity contribution is 6.21. The van der Waals surface area contributed by atoms with Gasteiger partial charge in [-0.15, -0.1) is 0 Å². The lowest BCUT2D eigenvalue weighted by atomic mass is 9.64. The van der Waals surface area contributed by atoms with Gasteiger partial charge in [0.15, 0.2) is 5.92 Å². The van der Waals surface area contributed by atoms with Crippen LogP contribution in [0.15, 0.2) is 35.6 Å². The Balaban J connectivity index is 2.32. The molecule has 8 heteroatoms. The minimum atomic E-state index is -1.81. The highest BCUT2D eigenvalue weighted by Crippen LogP contribution is 2.52. The summed E-state index contributed by atoms with van der Waals surface area (Å²) >= 11 is 0. The molecule has 0 bridgehead atoms. The third-order valence-electron chi connectivity index (χ3n) is 4.80. The molecule has 1 aromatic carbocycles. The first kappa shape index (κ1) is 20.6. The first-order valence-corrected chi connectivity index (χ1v) is 9.40. The summed E-state index contributed by atoms with van der Waals surface area (Å²) < 4.78 is 16.2. The van der Waals surface area contributed by atoms with Crippen molar-refractivity contribution < 1.29 is 28.6 Å². The van der Waals surface area contributed by atoms with Gasteiger partial charge in [-0.1, -0.05) is 18.2 Å². The lowest BCUT2D eigenvalue weighted by Crippen LogP contribution is -2.56. The van der Waals surface area contributed by atoms with Crippen LogP contribution in [0.5, 0.6) is 0 Å². The molecular formula is C21H24N2O6. The van der Waals surface area contributed by atoms with Crippen LogP contribution in [0.4, 0.5) is 5.69 Å². The Morgan fingerprint density at radius 2 is 1.76 bits per heavy atom. The molecule has 0 aromatic heterocycles. The van der Waals surface area contributed by atoms with E-state index in [0.717, 1.165) is 0 Å². The molecule has 8 nitrogen and oxygen atoms in total. The van der Waals surface area contributed by atoms with Crippen molar-refractivity contribution in [3.63, 3.8) is 0 Å². The molecule has 29 heavy (non-hydrogen) atoms. The molecule has 0 aliphatic carbocycles. The van der Waals surface area contributed by atoms with Gasteiger partial charge in [-0.3, -0.25) is 15.0 Å². The van der Waals surface area contributed by atoms with Crippen molar-refractivity contribution in [2.24, 2.45) is 5.92 Å². The molecule has 2 heterocycles. The molecule has 0 saturated heterocycles. The van der Waals surface area contributed by atoms with Crippen LogP contribution in [-0.4, -0.2) is 36.0 Å². The molecule has 1 spiro atoms. The number of hydrogen-bond donors (Lipinski definition) is 2. The van der Waals surface area contributed by atoms with Gasteiger partial charge in [-0.25, -0.2) is 4.79 Å². The van der Waals surface area contributed by atoms with Gasteiger partial charge in [0, 0.05) is 5.69 Å². The third kappa shape index (κ3) is 3.18. The summed E-state index contributed by atoms with van der Waals surface area (Å²) in [5.74, 6) is -4.08. The van der Waals surface area contributed by atoms with Crippen molar-refractivity contribution >= 4 is 29.4 Å². The predicted octanol–water partition coefficient (Wildman–Crippen LogP) is 2.68. The van der Waals surface area contributed by atoms with Gasteiger partial charge >= 0.3 is 11.9 Å². The summed E-state index contributed by atoms with van der Waals surface area (Å²) in [6.45, 7) is 8.16. The SMILES string of the molecule is CC1=C(C(=O)OC(C)C)C2(C(=O)Nc3ccccc32)C(C(=O)OC(C)C)C(=N)O1. The van der Waals surface area contributed by atoms with Crippen LogP contribution in [-0.2, 0) is 34.0 Å². The number of carbonyl (C=O) groups excluding carboxylic acids is 3. The number of amides is 1. The Morgan fingerprint density at radius 1 is 1.14 bits per heavy atom. The summed E-state index contributed by atoms with van der Waals surface area (Å²) in [6, 6.07) is 6.75. The van der Waals surface area contributed by atoms with E-state index in [1.807, 2.05) is 0 Å². The minimum Gasteiger partial charge on any atom is -0.462 e. The second-order valence-corrected chi connectivity index (χ2v) is 7.58. The fourth-order valence-electron chi connectivity index (χ4n) is 3.87. The average Bonchev–Trinajstić information content (AvgIpc) is 2.86. The van der Waals surface area contributed by atoms with Gasteiger partial charge in [0.25, 0.3) is 0 Å². The Bertz CT molecular complexity index is 933. The number of benzene rings is 1. The van der Waals surface area contributed by atoms with Gasteiger partial charge in [-0.2, -0.15) is 0 Å². The number of ether oxygens (including phenoxy) is 3. The molecule has 1 aromatic rings. The molecule has 1 amide bonds. The van der Waals surface area contributed by atoms with Crippen molar-refractivity contribution in [3.8, 4) is 0 Å². The van der Waals surface area contributed by atoms with E-state index >= 15 is 0 Å². The zero-order valence-electron chi connectivity index (χ0n) is 17.0. The first-order valence-electron chi connectivity index (χ1n) is 9.40. The topological polar surface area (TPSA) is 115 Å². The molecule has 2 atom stereocenters. The number of hydrogen-bond acceptors (Lipinski definition) is 7. The Hall–Kier alpha value is -3.16. The maximum Gasteiger partial charge on any atom is 0.339 e. The van der Waals surface area contributed by atoms with Crippen LogP contribution < -0.4 is 5.32 Å². The lowest BCUT2D eigenvalue weighted by Gasteiger charge is -2.39. The van der Waals surface area contributed by atoms with Crippen molar-refractivity contribution in [1.82, 2.24) is 0 Å². The Morgan fingerprint density at radius 3 is 2.38 bits per heavy atom. The number of anilines is 1. The van der Waals surface area contributed by atoms with Gasteiger partial charge in [-0.05, 0) is 46.2 Å². The molecule has 2 N–H and O–H groups in total. The molecule has 154 valence electrons. The Kier molecular flexibility index (Phi) is 5.21. The van der Waals surface area contributed by atoms with Crippen LogP contribution in [0.1, 0.15) is 40.2 Å². The van der Waals surface area contributed by atoms with E-state index in [9.17, 15) is 14.4 Å². The smallest absolute Gasteiger partial charge is 0.339 e. The van der Waals surface area contributed by atoms with Crippen LogP contribution in [0.25, 0.3) is 0 Å². The standard InChI is InChI=1S/C21H24N2O6/c1-10(2)27-18(24)15-12(5)29-17(22)16(19(25)28-11(3)4)21(15)13-8-6-7-9-14(13)23-20(21)26/h6-11,16,22H,1-5H3,(H,23,26). The van der Waals surface area contributed by atoms with Crippen LogP contribution in [0.2, 0.25) is 0 Å². The molecule has 2 unspecified atom stereocenters. The second kappa shape index (κ2) is 7.35. The molecule has 0 radical (unpaired) electrons. The summed E-state index contributed by atoms with van der Waals surface area (Å²) in [6.07, 6.45) is -0.938. The van der Waals surface area contributed by atoms with E-state index in [2.05, 4.69) is 5.32 Å². The maximum absolute atomic E-state index is 13.4. The monoisotopic (exact) mass is 400 g/mol. The largest absolute Gasteiger partial charge is 0.462 e. The fraction of sp³-hybridized carbons (Fsp3) is 0.429. The van der Waals surface area contributed by atoms with Gasteiger partial charge < -0.3 is 19.5 Å². The first-order chi connectivity index (χ1) is 13.6. The van der Waals surface area contributed by atoms with Gasteiger partial charge in [0.2, 0.25) is 11.8 Å². The summed E-state index contributed by atoms with van der Waals surface area (Å²) in [4.78, 5) is 39.5. The summed E-state index contributed by atoms with van der Waals surface area (Å²) in [7, 11) is 0. The molecule has 2 aliphatic heterocycles. The quantitative estimate of drug-likeness (QED) is 0.751. The van der Waals surface area contributed by atoms with E-state index in [1.54, 1.807) is 52.0 Å². The van der Waals surface area contributed by atoms with E-state index in [0.29, 0.717) is 11.3 Å². The molecule has 0 saturated carbocycles. The number of nitrogens with one attached hydrogen (secondary N) is 2. The van der Waals surface area contributed by atoms with Crippen LogP contribution in [0, 0.1) is 11.3 Å². The summed E-state index contributed by atoms with van der Waals surface area (Å²) in [5, 5.41) is 11.1. The number of rotatable bonds is 4. The van der Waals surface area contributed by atoms with E-state index in [-0.39, 0.29) is 11.3 Å². The van der Waals surface area contributed by atoms with Crippen LogP contribution in [0.3, 0.4) is 0 Å². The van der Waals surface area contributed by atoms with Crippen molar-refractivity contribution in [2.45, 2.75) is 52.2 Å². The van der Waals surface area contributed by atoms with Crippen molar-refractivity contribution in [1.29, 1.82) is 5.41 Å². The number of esters is 2. The van der Waals surface area contributed by atoms with E-state index in [1.165, 1.54) is 6.92 Å². The molecule has 0 fully saturated rings. The van der Waals surface area contributed by atoms with Crippen molar-refractivity contribution in [2.75, 3.05) is 5.32 Å². The zero-order chi connectivity index (χ0) is 21.5. The zero-order valence-corrected chi connectivity index (χ0v) is 17.0. The third-order valence-corrected chi connectivity index (χ3v) is 4.80. The van der Waals surface area contributed by atoms with Gasteiger partial charge in [0.1, 0.15) is 11.2 Å².